The zero-order valence-corrected chi connectivity index (χ0v) is 19.3. The van der Waals surface area contributed by atoms with Gasteiger partial charge in [0.05, 0.1) is 0 Å². The highest BCUT2D eigenvalue weighted by Gasteiger charge is 2.13. The van der Waals surface area contributed by atoms with Gasteiger partial charge in [0.15, 0.2) is 0 Å². The van der Waals surface area contributed by atoms with Gasteiger partial charge in [-0.15, -0.1) is 0 Å². The quantitative estimate of drug-likeness (QED) is 0.177. The first-order valence-corrected chi connectivity index (χ1v) is 12.7. The Morgan fingerprint density at radius 3 is 1.23 bits per heavy atom. The molecule has 0 saturated heterocycles. The second-order valence-electron chi connectivity index (χ2n) is 9.17. The van der Waals surface area contributed by atoms with Gasteiger partial charge in [0.25, 0.3) is 0 Å². The molecule has 0 saturated carbocycles. The average molecular weight is 367 g/mol. The van der Waals surface area contributed by atoms with E-state index in [-0.39, 0.29) is 0 Å². The molecule has 0 aromatic carbocycles. The van der Waals surface area contributed by atoms with Crippen LogP contribution in [0.2, 0.25) is 0 Å². The minimum absolute atomic E-state index is 0.956. The molecule has 0 radical (unpaired) electrons. The highest BCUT2D eigenvalue weighted by Crippen LogP contribution is 2.27. The van der Waals surface area contributed by atoms with Crippen molar-refractivity contribution < 1.29 is 0 Å². The Balaban J connectivity index is 3.91. The highest BCUT2D eigenvalue weighted by atomic mass is 14.2. The van der Waals surface area contributed by atoms with Gasteiger partial charge in [-0.25, -0.2) is 0 Å². The number of hydrogen-bond donors (Lipinski definition) is 0. The summed E-state index contributed by atoms with van der Waals surface area (Å²) >= 11 is 0. The molecule has 158 valence electrons. The lowest BCUT2D eigenvalue weighted by atomic mass is 9.85. The summed E-state index contributed by atoms with van der Waals surface area (Å²) in [6, 6.07) is 0. The number of rotatable bonds is 21. The van der Waals surface area contributed by atoms with E-state index in [0.29, 0.717) is 0 Å². The second kappa shape index (κ2) is 21.3. The molecule has 0 heteroatoms. The maximum absolute atomic E-state index is 2.53. The summed E-state index contributed by atoms with van der Waals surface area (Å²) in [5.74, 6) is 1.98. The molecule has 0 aromatic heterocycles. The Morgan fingerprint density at radius 2 is 0.769 bits per heavy atom. The van der Waals surface area contributed by atoms with Gasteiger partial charge < -0.3 is 0 Å². The molecule has 0 spiro atoms. The van der Waals surface area contributed by atoms with Gasteiger partial charge in [0, 0.05) is 0 Å². The van der Waals surface area contributed by atoms with E-state index in [1.54, 1.807) is 0 Å². The van der Waals surface area contributed by atoms with E-state index >= 15 is 0 Å². The molecule has 0 amide bonds. The largest absolute Gasteiger partial charge is 0.0654 e. The number of unbranched alkanes of at least 4 members (excludes halogenated alkanes) is 13. The SMILES string of the molecule is CCCCCCCCC(C)CC(CCCCCC)CCCCCCCC. The van der Waals surface area contributed by atoms with Crippen LogP contribution in [-0.2, 0) is 0 Å². The van der Waals surface area contributed by atoms with Crippen LogP contribution in [0.3, 0.4) is 0 Å². The van der Waals surface area contributed by atoms with Crippen LogP contribution in [0.5, 0.6) is 0 Å². The van der Waals surface area contributed by atoms with Crippen molar-refractivity contribution in [3.8, 4) is 0 Å². The van der Waals surface area contributed by atoms with Gasteiger partial charge in [-0.1, -0.05) is 150 Å². The van der Waals surface area contributed by atoms with Gasteiger partial charge in [0.1, 0.15) is 0 Å². The summed E-state index contributed by atoms with van der Waals surface area (Å²) in [6.45, 7) is 9.49. The normalized spacial score (nSPS) is 13.8. The molecule has 0 aliphatic rings. The van der Waals surface area contributed by atoms with Crippen LogP contribution in [-0.4, -0.2) is 0 Å². The molecule has 0 bridgehead atoms. The maximum atomic E-state index is 2.53. The molecule has 0 aromatic rings. The van der Waals surface area contributed by atoms with E-state index in [9.17, 15) is 0 Å². The summed E-state index contributed by atoms with van der Waals surface area (Å²) < 4.78 is 0. The number of hydrogen-bond acceptors (Lipinski definition) is 0. The molecule has 0 fully saturated rings. The van der Waals surface area contributed by atoms with Crippen molar-refractivity contribution in [2.75, 3.05) is 0 Å². The van der Waals surface area contributed by atoms with Gasteiger partial charge >= 0.3 is 0 Å². The molecule has 0 N–H and O–H groups in total. The minimum atomic E-state index is 0.956. The van der Waals surface area contributed by atoms with Crippen LogP contribution in [0, 0.1) is 11.8 Å². The van der Waals surface area contributed by atoms with Crippen LogP contribution in [0.25, 0.3) is 0 Å². The molecule has 2 unspecified atom stereocenters. The summed E-state index contributed by atoms with van der Waals surface area (Å²) in [4.78, 5) is 0. The Morgan fingerprint density at radius 1 is 0.423 bits per heavy atom. The van der Waals surface area contributed by atoms with Gasteiger partial charge in [-0.2, -0.15) is 0 Å². The molecule has 0 heterocycles. The molecule has 0 nitrogen and oxygen atoms in total. The molecular formula is C26H54. The highest BCUT2D eigenvalue weighted by molar-refractivity contribution is 4.66. The van der Waals surface area contributed by atoms with E-state index in [0.717, 1.165) is 11.8 Å². The van der Waals surface area contributed by atoms with E-state index < -0.39 is 0 Å². The van der Waals surface area contributed by atoms with Crippen LogP contribution in [0.4, 0.5) is 0 Å². The van der Waals surface area contributed by atoms with Crippen LogP contribution in [0.15, 0.2) is 0 Å². The van der Waals surface area contributed by atoms with Crippen LogP contribution in [0.1, 0.15) is 156 Å². The summed E-state index contributed by atoms with van der Waals surface area (Å²) in [5, 5.41) is 0. The predicted molar refractivity (Wildman–Crippen MR) is 122 cm³/mol. The van der Waals surface area contributed by atoms with Crippen molar-refractivity contribution >= 4 is 0 Å². The summed E-state index contributed by atoms with van der Waals surface area (Å²) in [6.07, 6.45) is 29.2. The lowest BCUT2D eigenvalue weighted by molar-refractivity contribution is 0.313. The van der Waals surface area contributed by atoms with Crippen LogP contribution >= 0.6 is 0 Å². The third-order valence-electron chi connectivity index (χ3n) is 6.22. The molecule has 0 rings (SSSR count). The van der Waals surface area contributed by atoms with Crippen molar-refractivity contribution in [1.82, 2.24) is 0 Å². The standard InChI is InChI=1S/C26H54/c1-5-8-11-14-16-18-21-25(4)24-26(22-19-13-10-7-3)23-20-17-15-12-9-6-2/h25-26H,5-24H2,1-4H3. The third kappa shape index (κ3) is 18.8. The fourth-order valence-electron chi connectivity index (χ4n) is 4.41. The van der Waals surface area contributed by atoms with Gasteiger partial charge in [0.2, 0.25) is 0 Å². The lowest BCUT2D eigenvalue weighted by Gasteiger charge is -2.21. The van der Waals surface area contributed by atoms with Crippen molar-refractivity contribution in [2.24, 2.45) is 11.8 Å². The Hall–Kier alpha value is 0. The van der Waals surface area contributed by atoms with Crippen molar-refractivity contribution in [3.05, 3.63) is 0 Å². The first-order valence-electron chi connectivity index (χ1n) is 12.7. The Bertz CT molecular complexity index is 244. The summed E-state index contributed by atoms with van der Waals surface area (Å²) in [5.41, 5.74) is 0. The molecule has 0 aliphatic heterocycles. The second-order valence-corrected chi connectivity index (χ2v) is 9.17. The van der Waals surface area contributed by atoms with E-state index in [4.69, 9.17) is 0 Å². The molecule has 26 heavy (non-hydrogen) atoms. The zero-order chi connectivity index (χ0) is 19.3. The van der Waals surface area contributed by atoms with Gasteiger partial charge in [-0.05, 0) is 18.3 Å². The fraction of sp³-hybridized carbons (Fsp3) is 1.00. The Kier molecular flexibility index (Phi) is 21.3. The minimum Gasteiger partial charge on any atom is -0.0654 e. The topological polar surface area (TPSA) is 0 Å². The smallest absolute Gasteiger partial charge is 0.0412 e. The molecular weight excluding hydrogens is 312 g/mol. The van der Waals surface area contributed by atoms with E-state index in [2.05, 4.69) is 27.7 Å². The Labute approximate surface area is 168 Å². The molecule has 2 atom stereocenters. The summed E-state index contributed by atoms with van der Waals surface area (Å²) in [7, 11) is 0. The van der Waals surface area contributed by atoms with Gasteiger partial charge in [-0.3, -0.25) is 0 Å². The first-order chi connectivity index (χ1) is 12.7. The van der Waals surface area contributed by atoms with Crippen molar-refractivity contribution in [1.29, 1.82) is 0 Å². The zero-order valence-electron chi connectivity index (χ0n) is 19.3. The first kappa shape index (κ1) is 26.0. The van der Waals surface area contributed by atoms with E-state index in [1.807, 2.05) is 0 Å². The fourth-order valence-corrected chi connectivity index (χ4v) is 4.41. The average Bonchev–Trinajstić information content (AvgIpc) is 2.64. The predicted octanol–water partition coefficient (Wildman–Crippen LogP) is 10.1. The lowest BCUT2D eigenvalue weighted by Crippen LogP contribution is -2.07. The molecule has 0 aliphatic carbocycles. The third-order valence-corrected chi connectivity index (χ3v) is 6.22. The van der Waals surface area contributed by atoms with E-state index in [1.165, 1.54) is 128 Å². The van der Waals surface area contributed by atoms with Crippen LogP contribution < -0.4 is 0 Å². The van der Waals surface area contributed by atoms with Crippen molar-refractivity contribution in [3.63, 3.8) is 0 Å². The monoisotopic (exact) mass is 366 g/mol. The van der Waals surface area contributed by atoms with Crippen molar-refractivity contribution in [2.45, 2.75) is 156 Å². The maximum Gasteiger partial charge on any atom is -0.0412 e.